The van der Waals surface area contributed by atoms with E-state index < -0.39 is 0 Å². The molecule has 2 aromatic carbocycles. The number of nitrogens with zero attached hydrogens (tertiary/aromatic N) is 1. The number of aryl methyl sites for hydroxylation is 1. The predicted octanol–water partition coefficient (Wildman–Crippen LogP) is 3.97. The molecule has 0 unspecified atom stereocenters. The van der Waals surface area contributed by atoms with E-state index in [0.717, 1.165) is 28.8 Å². The fraction of sp³-hybridized carbons (Fsp3) is 0.250. The van der Waals surface area contributed by atoms with Crippen molar-refractivity contribution in [1.82, 2.24) is 4.90 Å². The van der Waals surface area contributed by atoms with Gasteiger partial charge in [0, 0.05) is 23.2 Å². The van der Waals surface area contributed by atoms with Crippen LogP contribution < -0.4 is 5.73 Å². The predicted molar refractivity (Wildman–Crippen MR) is 84.9 cm³/mol. The highest BCUT2D eigenvalue weighted by Gasteiger charge is 2.03. The Bertz CT molecular complexity index is 566. The third kappa shape index (κ3) is 4.08. The number of anilines is 1. The molecule has 19 heavy (non-hydrogen) atoms. The molecule has 0 heterocycles. The minimum atomic E-state index is 0.860. The average Bonchev–Trinajstić information content (AvgIpc) is 2.34. The summed E-state index contributed by atoms with van der Waals surface area (Å²) in [4.78, 5) is 2.30. The van der Waals surface area contributed by atoms with Crippen LogP contribution in [0.25, 0.3) is 0 Å². The van der Waals surface area contributed by atoms with Crippen molar-refractivity contribution < 1.29 is 0 Å². The summed E-state index contributed by atoms with van der Waals surface area (Å²) in [5.74, 6) is 0. The van der Waals surface area contributed by atoms with Crippen molar-refractivity contribution in [2.45, 2.75) is 20.0 Å². The van der Waals surface area contributed by atoms with Gasteiger partial charge in [-0.2, -0.15) is 0 Å². The monoisotopic (exact) mass is 318 g/mol. The topological polar surface area (TPSA) is 29.3 Å². The molecule has 0 amide bonds. The van der Waals surface area contributed by atoms with Crippen molar-refractivity contribution in [1.29, 1.82) is 0 Å². The second kappa shape index (κ2) is 6.22. The second-order valence-corrected chi connectivity index (χ2v) is 5.91. The summed E-state index contributed by atoms with van der Waals surface area (Å²) in [6.07, 6.45) is 0. The van der Waals surface area contributed by atoms with Crippen LogP contribution in [0.5, 0.6) is 0 Å². The Hall–Kier alpha value is -1.32. The number of nitrogens with two attached hydrogens (primary N) is 1. The highest BCUT2D eigenvalue weighted by atomic mass is 79.9. The van der Waals surface area contributed by atoms with Gasteiger partial charge < -0.3 is 5.73 Å². The molecule has 100 valence electrons. The molecule has 0 saturated carbocycles. The lowest BCUT2D eigenvalue weighted by atomic mass is 10.1. The van der Waals surface area contributed by atoms with Crippen molar-refractivity contribution >= 4 is 21.6 Å². The molecular weight excluding hydrogens is 300 g/mol. The van der Waals surface area contributed by atoms with E-state index >= 15 is 0 Å². The Morgan fingerprint density at radius 3 is 2.37 bits per heavy atom. The van der Waals surface area contributed by atoms with E-state index in [1.807, 2.05) is 19.1 Å². The van der Waals surface area contributed by atoms with Crippen molar-refractivity contribution in [2.24, 2.45) is 0 Å². The van der Waals surface area contributed by atoms with Gasteiger partial charge in [0.25, 0.3) is 0 Å². The molecule has 0 saturated heterocycles. The van der Waals surface area contributed by atoms with Crippen LogP contribution in [0, 0.1) is 6.92 Å². The molecule has 0 spiro atoms. The summed E-state index contributed by atoms with van der Waals surface area (Å²) < 4.78 is 1.13. The molecule has 0 atom stereocenters. The molecule has 0 radical (unpaired) electrons. The van der Waals surface area contributed by atoms with Gasteiger partial charge in [-0.3, -0.25) is 4.90 Å². The van der Waals surface area contributed by atoms with Gasteiger partial charge in [0.05, 0.1) is 0 Å². The van der Waals surface area contributed by atoms with Crippen LogP contribution in [-0.2, 0) is 13.1 Å². The fourth-order valence-corrected chi connectivity index (χ4v) is 2.60. The van der Waals surface area contributed by atoms with Crippen molar-refractivity contribution in [2.75, 3.05) is 12.8 Å². The first kappa shape index (κ1) is 14.1. The first-order chi connectivity index (χ1) is 9.04. The zero-order valence-electron chi connectivity index (χ0n) is 11.4. The van der Waals surface area contributed by atoms with Crippen LogP contribution in [0.4, 0.5) is 5.69 Å². The zero-order valence-corrected chi connectivity index (χ0v) is 12.9. The summed E-state index contributed by atoms with van der Waals surface area (Å²) >= 11 is 3.50. The van der Waals surface area contributed by atoms with Gasteiger partial charge >= 0.3 is 0 Å². The van der Waals surface area contributed by atoms with E-state index in [9.17, 15) is 0 Å². The van der Waals surface area contributed by atoms with Gasteiger partial charge in [-0.1, -0.05) is 40.2 Å². The highest BCUT2D eigenvalue weighted by molar-refractivity contribution is 9.10. The van der Waals surface area contributed by atoms with Gasteiger partial charge in [-0.15, -0.1) is 0 Å². The fourth-order valence-electron chi connectivity index (χ4n) is 2.15. The molecule has 3 heteroatoms. The third-order valence-electron chi connectivity index (χ3n) is 3.13. The smallest absolute Gasteiger partial charge is 0.0343 e. The standard InChI is InChI=1S/C16H19BrN2/c1-12-8-14(6-7-16(12)18)11-19(2)10-13-4-3-5-15(17)9-13/h3-9H,10-11,18H2,1-2H3. The van der Waals surface area contributed by atoms with Crippen LogP contribution in [0.3, 0.4) is 0 Å². The van der Waals surface area contributed by atoms with E-state index in [2.05, 4.69) is 58.2 Å². The highest BCUT2D eigenvalue weighted by Crippen LogP contribution is 2.16. The first-order valence-electron chi connectivity index (χ1n) is 6.32. The number of benzene rings is 2. The lowest BCUT2D eigenvalue weighted by Crippen LogP contribution is -2.17. The quantitative estimate of drug-likeness (QED) is 0.864. The minimum absolute atomic E-state index is 0.860. The molecule has 0 aliphatic heterocycles. The van der Waals surface area contributed by atoms with E-state index in [1.165, 1.54) is 11.1 Å². The van der Waals surface area contributed by atoms with Crippen LogP contribution >= 0.6 is 15.9 Å². The summed E-state index contributed by atoms with van der Waals surface area (Å²) in [6, 6.07) is 14.7. The maximum atomic E-state index is 5.84. The normalized spacial score (nSPS) is 10.9. The molecule has 0 aliphatic rings. The molecule has 2 N–H and O–H groups in total. The van der Waals surface area contributed by atoms with Gasteiger partial charge in [0.2, 0.25) is 0 Å². The van der Waals surface area contributed by atoms with Gasteiger partial charge in [0.15, 0.2) is 0 Å². The number of hydrogen-bond donors (Lipinski definition) is 1. The van der Waals surface area contributed by atoms with E-state index in [1.54, 1.807) is 0 Å². The molecule has 0 bridgehead atoms. The molecule has 2 nitrogen and oxygen atoms in total. The van der Waals surface area contributed by atoms with E-state index in [0.29, 0.717) is 0 Å². The summed E-state index contributed by atoms with van der Waals surface area (Å²) in [5, 5.41) is 0. The third-order valence-corrected chi connectivity index (χ3v) is 3.62. The zero-order chi connectivity index (χ0) is 13.8. The lowest BCUT2D eigenvalue weighted by molar-refractivity contribution is 0.319. The number of hydrogen-bond acceptors (Lipinski definition) is 2. The summed E-state index contributed by atoms with van der Waals surface area (Å²) in [6.45, 7) is 3.91. The molecule has 0 fully saturated rings. The van der Waals surface area contributed by atoms with E-state index in [4.69, 9.17) is 5.73 Å². The Labute approximate surface area is 123 Å². The van der Waals surface area contributed by atoms with Gasteiger partial charge in [-0.25, -0.2) is 0 Å². The number of nitrogen functional groups attached to an aromatic ring is 1. The first-order valence-corrected chi connectivity index (χ1v) is 7.12. The lowest BCUT2D eigenvalue weighted by Gasteiger charge is -2.17. The maximum absolute atomic E-state index is 5.84. The summed E-state index contributed by atoms with van der Waals surface area (Å²) in [5.41, 5.74) is 10.5. The molecule has 0 aromatic heterocycles. The molecule has 0 aliphatic carbocycles. The van der Waals surface area contributed by atoms with Crippen molar-refractivity contribution in [3.8, 4) is 0 Å². The van der Waals surface area contributed by atoms with Gasteiger partial charge in [-0.05, 0) is 48.9 Å². The Kier molecular flexibility index (Phi) is 4.61. The van der Waals surface area contributed by atoms with Crippen LogP contribution in [0.15, 0.2) is 46.9 Å². The summed E-state index contributed by atoms with van der Waals surface area (Å²) in [7, 11) is 2.13. The maximum Gasteiger partial charge on any atom is 0.0343 e. The van der Waals surface area contributed by atoms with E-state index in [-0.39, 0.29) is 0 Å². The minimum Gasteiger partial charge on any atom is -0.399 e. The molecule has 2 aromatic rings. The van der Waals surface area contributed by atoms with Gasteiger partial charge in [0.1, 0.15) is 0 Å². The Morgan fingerprint density at radius 1 is 1.05 bits per heavy atom. The van der Waals surface area contributed by atoms with Crippen molar-refractivity contribution in [3.63, 3.8) is 0 Å². The molecular formula is C16H19BrN2. The largest absolute Gasteiger partial charge is 0.399 e. The SMILES string of the molecule is Cc1cc(CN(C)Cc2cccc(Br)c2)ccc1N. The van der Waals surface area contributed by atoms with Crippen LogP contribution in [-0.4, -0.2) is 11.9 Å². The Balaban J connectivity index is 2.01. The average molecular weight is 319 g/mol. The second-order valence-electron chi connectivity index (χ2n) is 4.99. The molecule has 2 rings (SSSR count). The Morgan fingerprint density at radius 2 is 1.74 bits per heavy atom. The number of halogens is 1. The van der Waals surface area contributed by atoms with Crippen LogP contribution in [0.2, 0.25) is 0 Å². The van der Waals surface area contributed by atoms with Crippen molar-refractivity contribution in [3.05, 3.63) is 63.6 Å². The number of rotatable bonds is 4. The van der Waals surface area contributed by atoms with Crippen LogP contribution in [0.1, 0.15) is 16.7 Å².